The fourth-order valence-corrected chi connectivity index (χ4v) is 1.60. The van der Waals surface area contributed by atoms with Crippen molar-refractivity contribution in [3.63, 3.8) is 0 Å². The molecule has 0 aliphatic heterocycles. The van der Waals surface area contributed by atoms with E-state index >= 15 is 0 Å². The van der Waals surface area contributed by atoms with Crippen LogP contribution in [0.5, 0.6) is 0 Å². The van der Waals surface area contributed by atoms with Gasteiger partial charge in [0.1, 0.15) is 5.69 Å². The molecule has 6 nitrogen and oxygen atoms in total. The Morgan fingerprint density at radius 2 is 2.12 bits per heavy atom. The zero-order valence-corrected chi connectivity index (χ0v) is 8.94. The number of nitrogens with zero attached hydrogens (tertiary/aromatic N) is 1. The Balaban J connectivity index is 3.56. The van der Waals surface area contributed by atoms with E-state index in [9.17, 15) is 20.0 Å². The Kier molecular flexibility index (Phi) is 3.44. The van der Waals surface area contributed by atoms with Gasteiger partial charge in [-0.15, -0.1) is 0 Å². The summed E-state index contributed by atoms with van der Waals surface area (Å²) < 4.78 is 0. The van der Waals surface area contributed by atoms with Crippen molar-refractivity contribution in [3.8, 4) is 0 Å². The summed E-state index contributed by atoms with van der Waals surface area (Å²) in [6.07, 6.45) is 0.259. The van der Waals surface area contributed by atoms with E-state index in [-0.39, 0.29) is 23.2 Å². The van der Waals surface area contributed by atoms with Crippen LogP contribution in [0.15, 0.2) is 12.1 Å². The average Bonchev–Trinajstić information content (AvgIpc) is 2.26. The highest BCUT2D eigenvalue weighted by molar-refractivity contribution is 5.91. The maximum Gasteiger partial charge on any atom is 0.296 e. The van der Waals surface area contributed by atoms with Crippen LogP contribution in [0.3, 0.4) is 0 Å². The van der Waals surface area contributed by atoms with Gasteiger partial charge >= 0.3 is 0 Å². The lowest BCUT2D eigenvalue weighted by atomic mass is 10.0. The second kappa shape index (κ2) is 4.61. The smallest absolute Gasteiger partial charge is 0.296 e. The monoisotopic (exact) mass is 223 g/mol. The van der Waals surface area contributed by atoms with Crippen LogP contribution in [-0.2, 0) is 6.42 Å². The van der Waals surface area contributed by atoms with E-state index in [0.717, 1.165) is 0 Å². The van der Waals surface area contributed by atoms with Gasteiger partial charge in [-0.3, -0.25) is 10.1 Å². The lowest BCUT2D eigenvalue weighted by molar-refractivity contribution is -0.384. The third kappa shape index (κ3) is 1.95. The molecule has 1 aromatic rings. The molecule has 0 aromatic heterocycles. The average molecular weight is 223 g/mol. The van der Waals surface area contributed by atoms with Crippen LogP contribution in [-0.4, -0.2) is 17.9 Å². The van der Waals surface area contributed by atoms with E-state index in [2.05, 4.69) is 5.32 Å². The van der Waals surface area contributed by atoms with Crippen molar-refractivity contribution in [1.29, 1.82) is 0 Å². The molecule has 0 fully saturated rings. The molecule has 0 heterocycles. The number of carboxylic acids is 1. The van der Waals surface area contributed by atoms with Gasteiger partial charge in [0.2, 0.25) is 0 Å². The molecule has 16 heavy (non-hydrogen) atoms. The Morgan fingerprint density at radius 3 is 2.50 bits per heavy atom. The van der Waals surface area contributed by atoms with Gasteiger partial charge in [0.15, 0.2) is 0 Å². The molecule has 0 bridgehead atoms. The standard InChI is InChI=1S/C10H12N2O4/c1-3-6-7(10(13)14)4-5-8(11-2)9(6)12(15)16/h4-5,11H,3H2,1-2H3,(H,13,14)/p-1. The Morgan fingerprint density at radius 1 is 1.50 bits per heavy atom. The minimum absolute atomic E-state index is 0.131. The van der Waals surface area contributed by atoms with Crippen LogP contribution in [0.4, 0.5) is 11.4 Å². The van der Waals surface area contributed by atoms with E-state index in [0.29, 0.717) is 5.69 Å². The lowest BCUT2D eigenvalue weighted by Gasteiger charge is -2.12. The van der Waals surface area contributed by atoms with Crippen LogP contribution in [0, 0.1) is 10.1 Å². The second-order valence-electron chi connectivity index (χ2n) is 3.14. The molecule has 0 unspecified atom stereocenters. The molecular formula is C10H11N2O4-. The van der Waals surface area contributed by atoms with Crippen molar-refractivity contribution in [3.05, 3.63) is 33.4 Å². The van der Waals surface area contributed by atoms with Gasteiger partial charge in [-0.25, -0.2) is 0 Å². The van der Waals surface area contributed by atoms with Gasteiger partial charge in [0.05, 0.1) is 10.9 Å². The highest BCUT2D eigenvalue weighted by Crippen LogP contribution is 2.31. The summed E-state index contributed by atoms with van der Waals surface area (Å²) in [5, 5.41) is 24.4. The van der Waals surface area contributed by atoms with Crippen molar-refractivity contribution in [2.45, 2.75) is 13.3 Å². The Bertz CT molecular complexity index is 443. The van der Waals surface area contributed by atoms with E-state index in [1.165, 1.54) is 12.1 Å². The van der Waals surface area contributed by atoms with Crippen molar-refractivity contribution in [1.82, 2.24) is 0 Å². The van der Waals surface area contributed by atoms with Crippen LogP contribution in [0.1, 0.15) is 22.8 Å². The molecule has 0 radical (unpaired) electrons. The summed E-state index contributed by atoms with van der Waals surface area (Å²) in [5.41, 5.74) is 0.142. The molecular weight excluding hydrogens is 212 g/mol. The predicted octanol–water partition coefficient (Wildman–Crippen LogP) is 0.562. The van der Waals surface area contributed by atoms with Gasteiger partial charge in [0, 0.05) is 18.2 Å². The Hall–Kier alpha value is -2.11. The van der Waals surface area contributed by atoms with Crippen molar-refractivity contribution in [2.24, 2.45) is 0 Å². The van der Waals surface area contributed by atoms with Gasteiger partial charge in [-0.05, 0) is 12.5 Å². The lowest BCUT2D eigenvalue weighted by Crippen LogP contribution is -2.24. The molecule has 0 atom stereocenters. The third-order valence-electron chi connectivity index (χ3n) is 2.31. The number of rotatable bonds is 4. The van der Waals surface area contributed by atoms with Gasteiger partial charge in [0.25, 0.3) is 5.69 Å². The number of nitro benzene ring substituents is 1. The number of nitro groups is 1. The summed E-state index contributed by atoms with van der Waals surface area (Å²) >= 11 is 0. The number of nitrogens with one attached hydrogen (secondary N) is 1. The first-order valence-corrected chi connectivity index (χ1v) is 4.72. The maximum atomic E-state index is 10.9. The first-order chi connectivity index (χ1) is 7.52. The van der Waals surface area contributed by atoms with Crippen LogP contribution < -0.4 is 10.4 Å². The number of carbonyl (C=O) groups is 1. The van der Waals surface area contributed by atoms with E-state index < -0.39 is 10.9 Å². The molecule has 1 rings (SSSR count). The highest BCUT2D eigenvalue weighted by atomic mass is 16.6. The SMILES string of the molecule is CCc1c(C(=O)[O-])ccc(NC)c1[N+](=O)[O-]. The number of carboxylic acid groups (broad SMARTS) is 1. The summed E-state index contributed by atoms with van der Waals surface area (Å²) in [6, 6.07) is 2.68. The van der Waals surface area contributed by atoms with Crippen LogP contribution >= 0.6 is 0 Å². The number of anilines is 1. The van der Waals surface area contributed by atoms with E-state index in [1.807, 2.05) is 0 Å². The first kappa shape index (κ1) is 12.0. The molecule has 0 aliphatic carbocycles. The third-order valence-corrected chi connectivity index (χ3v) is 2.31. The highest BCUT2D eigenvalue weighted by Gasteiger charge is 2.21. The number of carbonyl (C=O) groups excluding carboxylic acids is 1. The van der Waals surface area contributed by atoms with Crippen molar-refractivity contribution in [2.75, 3.05) is 12.4 Å². The van der Waals surface area contributed by atoms with Gasteiger partial charge in [-0.2, -0.15) is 0 Å². The van der Waals surface area contributed by atoms with Gasteiger partial charge < -0.3 is 15.2 Å². The number of hydrogen-bond acceptors (Lipinski definition) is 5. The molecule has 86 valence electrons. The van der Waals surface area contributed by atoms with E-state index in [1.54, 1.807) is 14.0 Å². The second-order valence-corrected chi connectivity index (χ2v) is 3.14. The van der Waals surface area contributed by atoms with Crippen molar-refractivity contribution >= 4 is 17.3 Å². The summed E-state index contributed by atoms with van der Waals surface area (Å²) in [4.78, 5) is 21.1. The van der Waals surface area contributed by atoms with Crippen molar-refractivity contribution < 1.29 is 14.8 Å². The summed E-state index contributed by atoms with van der Waals surface area (Å²) in [6.45, 7) is 1.66. The molecule has 0 aliphatic rings. The van der Waals surface area contributed by atoms with Gasteiger partial charge in [-0.1, -0.05) is 13.0 Å². The zero-order valence-electron chi connectivity index (χ0n) is 8.94. The number of benzene rings is 1. The largest absolute Gasteiger partial charge is 0.545 e. The summed E-state index contributed by atoms with van der Waals surface area (Å²) in [7, 11) is 1.54. The topological polar surface area (TPSA) is 95.3 Å². The molecule has 0 spiro atoms. The molecule has 0 saturated carbocycles. The molecule has 6 heteroatoms. The molecule has 1 N–H and O–H groups in total. The summed E-state index contributed by atoms with van der Waals surface area (Å²) in [5.74, 6) is -1.40. The van der Waals surface area contributed by atoms with Crippen LogP contribution in [0.25, 0.3) is 0 Å². The molecule has 0 amide bonds. The van der Waals surface area contributed by atoms with Crippen LogP contribution in [0.2, 0.25) is 0 Å². The fourth-order valence-electron chi connectivity index (χ4n) is 1.60. The zero-order chi connectivity index (χ0) is 12.3. The fraction of sp³-hybridized carbons (Fsp3) is 0.300. The Labute approximate surface area is 92.0 Å². The van der Waals surface area contributed by atoms with E-state index in [4.69, 9.17) is 0 Å². The molecule has 1 aromatic carbocycles. The quantitative estimate of drug-likeness (QED) is 0.594. The number of aromatic carboxylic acids is 1. The minimum atomic E-state index is -1.40. The predicted molar refractivity (Wildman–Crippen MR) is 56.4 cm³/mol. The number of hydrogen-bond donors (Lipinski definition) is 1. The maximum absolute atomic E-state index is 10.9. The molecule has 0 saturated heterocycles. The first-order valence-electron chi connectivity index (χ1n) is 4.72. The normalized spacial score (nSPS) is 9.88. The minimum Gasteiger partial charge on any atom is -0.545 e.